The lowest BCUT2D eigenvalue weighted by molar-refractivity contribution is -0.427. The smallest absolute Gasteiger partial charge is 0.438 e. The summed E-state index contributed by atoms with van der Waals surface area (Å²) in [5.41, 5.74) is 0. The van der Waals surface area contributed by atoms with Crippen LogP contribution in [0, 0.1) is 0 Å². The molecule has 0 heterocycles. The fourth-order valence-corrected chi connectivity index (χ4v) is 0.901. The molecule has 0 saturated carbocycles. The number of rotatable bonds is 6. The van der Waals surface area contributed by atoms with Crippen LogP contribution in [0.5, 0.6) is 0 Å². The molecule has 0 saturated heterocycles. The fraction of sp³-hybridized carbons (Fsp3) is 0.500. The minimum absolute atomic E-state index is 1.77. The first kappa shape index (κ1) is 23.2. The third-order valence-corrected chi connectivity index (χ3v) is 1.56. The van der Waals surface area contributed by atoms with Crippen LogP contribution in [0.15, 0.2) is 23.7 Å². The SMILES string of the molecule is FC(F)=C(OC(=C(F)F)C(F)(F)OC(F)(F)F)C(F)(F)OC(F)(F)F. The zero-order chi connectivity index (χ0) is 20.4. The van der Waals surface area contributed by atoms with Crippen LogP contribution < -0.4 is 0 Å². The van der Waals surface area contributed by atoms with Crippen molar-refractivity contribution in [1.82, 2.24) is 0 Å². The number of halogens is 14. The van der Waals surface area contributed by atoms with Gasteiger partial charge in [0, 0.05) is 0 Å². The highest BCUT2D eigenvalue weighted by Gasteiger charge is 2.56. The molecule has 0 spiro atoms. The molecule has 0 unspecified atom stereocenters. The van der Waals surface area contributed by atoms with E-state index in [1.807, 2.05) is 0 Å². The first-order valence-corrected chi connectivity index (χ1v) is 4.87. The topological polar surface area (TPSA) is 27.7 Å². The van der Waals surface area contributed by atoms with Crippen LogP contribution in [0.25, 0.3) is 0 Å². The minimum atomic E-state index is -6.41. The van der Waals surface area contributed by atoms with Crippen molar-refractivity contribution in [2.75, 3.05) is 0 Å². The molecule has 17 heteroatoms. The summed E-state index contributed by atoms with van der Waals surface area (Å²) >= 11 is 0. The van der Waals surface area contributed by atoms with E-state index >= 15 is 0 Å². The molecule has 0 atom stereocenters. The Bertz CT molecular complexity index is 485. The monoisotopic (exact) mass is 410 g/mol. The molecule has 0 fully saturated rings. The Hall–Kier alpha value is -1.78. The average Bonchev–Trinajstić information content (AvgIpc) is 2.19. The van der Waals surface area contributed by atoms with Gasteiger partial charge >= 0.3 is 37.1 Å². The van der Waals surface area contributed by atoms with Crippen molar-refractivity contribution in [3.05, 3.63) is 23.7 Å². The third-order valence-electron chi connectivity index (χ3n) is 1.56. The van der Waals surface area contributed by atoms with Crippen molar-refractivity contribution in [1.29, 1.82) is 0 Å². The molecule has 0 aliphatic heterocycles. The molecule has 25 heavy (non-hydrogen) atoms. The van der Waals surface area contributed by atoms with Gasteiger partial charge in [0.05, 0.1) is 0 Å². The Morgan fingerprint density at radius 3 is 0.880 bits per heavy atom. The summed E-state index contributed by atoms with van der Waals surface area (Å²) in [6.07, 6.45) is -33.8. The molecular weight excluding hydrogens is 410 g/mol. The van der Waals surface area contributed by atoms with E-state index in [4.69, 9.17) is 0 Å². The quantitative estimate of drug-likeness (QED) is 0.429. The summed E-state index contributed by atoms with van der Waals surface area (Å²) in [4.78, 5) is 0. The maximum Gasteiger partial charge on any atom is 0.527 e. The Kier molecular flexibility index (Phi) is 6.71. The van der Waals surface area contributed by atoms with E-state index < -0.39 is 48.6 Å². The fourth-order valence-electron chi connectivity index (χ4n) is 0.901. The lowest BCUT2D eigenvalue weighted by Gasteiger charge is -2.24. The van der Waals surface area contributed by atoms with Crippen molar-refractivity contribution in [3.8, 4) is 0 Å². The summed E-state index contributed by atoms with van der Waals surface area (Å²) < 4.78 is 176. The van der Waals surface area contributed by atoms with Gasteiger partial charge in [-0.2, -0.15) is 35.1 Å². The van der Waals surface area contributed by atoms with E-state index in [-0.39, 0.29) is 0 Å². The first-order valence-electron chi connectivity index (χ1n) is 4.87. The zero-order valence-electron chi connectivity index (χ0n) is 10.5. The molecule has 0 N–H and O–H groups in total. The molecule has 0 aromatic heterocycles. The van der Waals surface area contributed by atoms with Gasteiger partial charge in [-0.1, -0.05) is 0 Å². The van der Waals surface area contributed by atoms with Crippen molar-refractivity contribution in [2.24, 2.45) is 0 Å². The van der Waals surface area contributed by atoms with Gasteiger partial charge in [0.1, 0.15) is 0 Å². The second-order valence-electron chi connectivity index (χ2n) is 3.41. The van der Waals surface area contributed by atoms with Crippen LogP contribution in [0.2, 0.25) is 0 Å². The summed E-state index contributed by atoms with van der Waals surface area (Å²) in [6, 6.07) is 0. The van der Waals surface area contributed by atoms with Crippen LogP contribution in [0.4, 0.5) is 61.5 Å². The Labute approximate surface area is 126 Å². The summed E-state index contributed by atoms with van der Waals surface area (Å²) in [6.45, 7) is 0. The second-order valence-corrected chi connectivity index (χ2v) is 3.41. The zero-order valence-corrected chi connectivity index (χ0v) is 10.5. The van der Waals surface area contributed by atoms with Gasteiger partial charge in [0.2, 0.25) is 0 Å². The van der Waals surface area contributed by atoms with Crippen molar-refractivity contribution < 1.29 is 75.7 Å². The van der Waals surface area contributed by atoms with E-state index in [1.165, 1.54) is 0 Å². The van der Waals surface area contributed by atoms with E-state index in [0.29, 0.717) is 0 Å². The average molecular weight is 410 g/mol. The van der Waals surface area contributed by atoms with Crippen molar-refractivity contribution >= 4 is 0 Å². The molecular formula is C8F14O3. The molecule has 0 radical (unpaired) electrons. The van der Waals surface area contributed by atoms with Crippen LogP contribution in [-0.2, 0) is 14.2 Å². The summed E-state index contributed by atoms with van der Waals surface area (Å²) in [5.74, 6) is -7.75. The molecule has 0 amide bonds. The van der Waals surface area contributed by atoms with Gasteiger partial charge in [-0.25, -0.2) is 9.47 Å². The molecule has 0 rings (SSSR count). The van der Waals surface area contributed by atoms with Gasteiger partial charge in [0.25, 0.3) is 11.5 Å². The summed E-state index contributed by atoms with van der Waals surface area (Å²) in [7, 11) is 0. The van der Waals surface area contributed by atoms with Crippen LogP contribution >= 0.6 is 0 Å². The predicted molar refractivity (Wildman–Crippen MR) is 43.7 cm³/mol. The first-order chi connectivity index (χ1) is 10.8. The molecule has 0 aliphatic carbocycles. The molecule has 0 bridgehead atoms. The minimum Gasteiger partial charge on any atom is -0.438 e. The molecule has 3 nitrogen and oxygen atoms in total. The second kappa shape index (κ2) is 7.22. The standard InChI is InChI=1S/C8F14O3/c9-3(10)1(5(13,14)24-7(17,18)19)23-2(4(11)12)6(15,16)25-8(20,21)22. The predicted octanol–water partition coefficient (Wildman–Crippen LogP) is 5.48. The van der Waals surface area contributed by atoms with Gasteiger partial charge in [-0.3, -0.25) is 0 Å². The largest absolute Gasteiger partial charge is 0.527 e. The highest BCUT2D eigenvalue weighted by Crippen LogP contribution is 2.42. The molecule has 148 valence electrons. The Morgan fingerprint density at radius 2 is 0.720 bits per heavy atom. The van der Waals surface area contributed by atoms with Gasteiger partial charge in [-0.15, -0.1) is 26.3 Å². The van der Waals surface area contributed by atoms with Crippen LogP contribution in [0.1, 0.15) is 0 Å². The van der Waals surface area contributed by atoms with Crippen LogP contribution in [-0.4, -0.2) is 24.9 Å². The summed E-state index contributed by atoms with van der Waals surface area (Å²) in [5, 5.41) is 0. The van der Waals surface area contributed by atoms with E-state index in [2.05, 4.69) is 4.74 Å². The van der Waals surface area contributed by atoms with Crippen molar-refractivity contribution in [3.63, 3.8) is 0 Å². The molecule has 0 aliphatic rings. The highest BCUT2D eigenvalue weighted by molar-refractivity contribution is 5.11. The molecule has 0 aromatic carbocycles. The van der Waals surface area contributed by atoms with Gasteiger partial charge < -0.3 is 4.74 Å². The maximum atomic E-state index is 12.8. The third kappa shape index (κ3) is 7.76. The van der Waals surface area contributed by atoms with Gasteiger partial charge in [-0.05, 0) is 0 Å². The number of hydrogen-bond acceptors (Lipinski definition) is 3. The number of ether oxygens (including phenoxy) is 3. The Balaban J connectivity index is 5.92. The molecule has 0 aromatic rings. The van der Waals surface area contributed by atoms with Gasteiger partial charge in [0.15, 0.2) is 0 Å². The number of alkyl halides is 10. The van der Waals surface area contributed by atoms with E-state index in [0.717, 1.165) is 0 Å². The maximum absolute atomic E-state index is 12.8. The highest BCUT2D eigenvalue weighted by atomic mass is 19.4. The van der Waals surface area contributed by atoms with E-state index in [9.17, 15) is 61.5 Å². The van der Waals surface area contributed by atoms with Crippen LogP contribution in [0.3, 0.4) is 0 Å². The van der Waals surface area contributed by atoms with E-state index in [1.54, 1.807) is 9.47 Å². The normalized spacial score (nSPS) is 13.5. The number of hydrogen-bond donors (Lipinski definition) is 0. The van der Waals surface area contributed by atoms with Crippen molar-refractivity contribution in [2.45, 2.75) is 24.9 Å². The lowest BCUT2D eigenvalue weighted by atomic mass is 10.4. The lowest BCUT2D eigenvalue weighted by Crippen LogP contribution is -2.37. The Morgan fingerprint density at radius 1 is 0.480 bits per heavy atom.